The molecule has 0 radical (unpaired) electrons. The number of carbonyl (C=O) groups excluding carboxylic acids is 3. The molecule has 0 saturated carbocycles. The van der Waals surface area contributed by atoms with Gasteiger partial charge in [-0.25, -0.2) is 9.88 Å². The molecule has 138 valence electrons. The Morgan fingerprint density at radius 3 is 2.64 bits per heavy atom. The van der Waals surface area contributed by atoms with Crippen molar-refractivity contribution in [2.45, 2.75) is 0 Å². The van der Waals surface area contributed by atoms with Crippen LogP contribution in [0.3, 0.4) is 0 Å². The highest BCUT2D eigenvalue weighted by Crippen LogP contribution is 2.34. The second-order valence-corrected chi connectivity index (χ2v) is 6.64. The summed E-state index contributed by atoms with van der Waals surface area (Å²) < 4.78 is 0. The summed E-state index contributed by atoms with van der Waals surface area (Å²) >= 11 is 1.25. The summed E-state index contributed by atoms with van der Waals surface area (Å²) in [5, 5.41) is 15.9. The number of nitrogens with one attached hydrogen (secondary N) is 1. The minimum absolute atomic E-state index is 0.0446. The number of fused-ring (bicyclic) bond motifs is 1. The van der Waals surface area contributed by atoms with E-state index in [4.69, 9.17) is 0 Å². The minimum Gasteiger partial charge on any atom is -0.298 e. The molecule has 0 bridgehead atoms. The molecule has 1 aromatic heterocycles. The van der Waals surface area contributed by atoms with Crippen LogP contribution in [0, 0.1) is 10.1 Å². The molecule has 9 nitrogen and oxygen atoms in total. The van der Waals surface area contributed by atoms with Gasteiger partial charge >= 0.3 is 0 Å². The van der Waals surface area contributed by atoms with Crippen molar-refractivity contribution in [1.29, 1.82) is 0 Å². The van der Waals surface area contributed by atoms with Crippen LogP contribution in [-0.4, -0.2) is 27.6 Å². The highest BCUT2D eigenvalue weighted by molar-refractivity contribution is 7.13. The SMILES string of the molecule is O=C(Nc1nccs1)c1cccc(N2C(=O)c3cccc([N+](=O)[O-])c3C2=O)c1. The predicted octanol–water partition coefficient (Wildman–Crippen LogP) is 3.10. The molecule has 0 unspecified atom stereocenters. The van der Waals surface area contributed by atoms with Crippen LogP contribution < -0.4 is 10.2 Å². The van der Waals surface area contributed by atoms with E-state index >= 15 is 0 Å². The molecule has 0 spiro atoms. The fraction of sp³-hybridized carbons (Fsp3) is 0. The molecule has 0 aliphatic carbocycles. The summed E-state index contributed by atoms with van der Waals surface area (Å²) in [4.78, 5) is 53.1. The number of nitro benzene ring substituents is 1. The van der Waals surface area contributed by atoms with Crippen molar-refractivity contribution in [1.82, 2.24) is 4.98 Å². The lowest BCUT2D eigenvalue weighted by molar-refractivity contribution is -0.385. The van der Waals surface area contributed by atoms with Crippen molar-refractivity contribution in [3.05, 3.63) is 80.8 Å². The van der Waals surface area contributed by atoms with Gasteiger partial charge in [-0.15, -0.1) is 11.3 Å². The summed E-state index contributed by atoms with van der Waals surface area (Å²) in [5.74, 6) is -1.94. The first-order valence-corrected chi connectivity index (χ1v) is 8.82. The number of benzene rings is 2. The van der Waals surface area contributed by atoms with Gasteiger partial charge in [-0.2, -0.15) is 0 Å². The van der Waals surface area contributed by atoms with E-state index in [0.29, 0.717) is 5.13 Å². The lowest BCUT2D eigenvalue weighted by Gasteiger charge is -2.14. The van der Waals surface area contributed by atoms with Gasteiger partial charge in [0.1, 0.15) is 5.56 Å². The molecular weight excluding hydrogens is 384 g/mol. The number of anilines is 2. The normalized spacial score (nSPS) is 12.8. The van der Waals surface area contributed by atoms with E-state index in [0.717, 1.165) is 4.90 Å². The first-order valence-electron chi connectivity index (χ1n) is 7.94. The zero-order valence-corrected chi connectivity index (χ0v) is 14.8. The Balaban J connectivity index is 1.69. The van der Waals surface area contributed by atoms with Crippen molar-refractivity contribution in [3.63, 3.8) is 0 Å². The average molecular weight is 394 g/mol. The van der Waals surface area contributed by atoms with Crippen LogP contribution in [-0.2, 0) is 0 Å². The Morgan fingerprint density at radius 2 is 1.93 bits per heavy atom. The largest absolute Gasteiger partial charge is 0.298 e. The number of rotatable bonds is 4. The van der Waals surface area contributed by atoms with Gasteiger partial charge in [0, 0.05) is 23.2 Å². The van der Waals surface area contributed by atoms with Crippen molar-refractivity contribution < 1.29 is 19.3 Å². The molecule has 28 heavy (non-hydrogen) atoms. The first-order chi connectivity index (χ1) is 13.5. The van der Waals surface area contributed by atoms with E-state index in [1.807, 2.05) is 0 Å². The fourth-order valence-corrected chi connectivity index (χ4v) is 3.42. The van der Waals surface area contributed by atoms with E-state index in [1.54, 1.807) is 11.6 Å². The summed E-state index contributed by atoms with van der Waals surface area (Å²) in [6.07, 6.45) is 1.54. The van der Waals surface area contributed by atoms with Gasteiger partial charge < -0.3 is 0 Å². The number of hydrogen-bond acceptors (Lipinski definition) is 7. The predicted molar refractivity (Wildman–Crippen MR) is 101 cm³/mol. The summed E-state index contributed by atoms with van der Waals surface area (Å²) in [5.41, 5.74) is -0.381. The van der Waals surface area contributed by atoms with Crippen molar-refractivity contribution in [3.8, 4) is 0 Å². The molecule has 1 aliphatic heterocycles. The molecule has 3 amide bonds. The number of amides is 3. The Bertz CT molecular complexity index is 1140. The van der Waals surface area contributed by atoms with E-state index < -0.39 is 28.3 Å². The molecular formula is C18H10N4O5S. The van der Waals surface area contributed by atoms with Crippen LogP contribution >= 0.6 is 11.3 Å². The molecule has 1 N–H and O–H groups in total. The van der Waals surface area contributed by atoms with Crippen molar-refractivity contribution >= 4 is 45.6 Å². The van der Waals surface area contributed by atoms with Crippen LogP contribution in [0.1, 0.15) is 31.1 Å². The number of carbonyl (C=O) groups is 3. The Kier molecular flexibility index (Phi) is 4.17. The lowest BCUT2D eigenvalue weighted by Crippen LogP contribution is -2.29. The lowest BCUT2D eigenvalue weighted by atomic mass is 10.1. The second kappa shape index (κ2) is 6.67. The molecule has 3 aromatic rings. The Labute approximate surface area is 161 Å². The molecule has 4 rings (SSSR count). The summed E-state index contributed by atoms with van der Waals surface area (Å²) in [6, 6.07) is 9.78. The third-order valence-corrected chi connectivity index (χ3v) is 4.80. The van der Waals surface area contributed by atoms with E-state index in [1.165, 1.54) is 53.8 Å². The molecule has 10 heteroatoms. The van der Waals surface area contributed by atoms with E-state index in [-0.39, 0.29) is 22.4 Å². The summed E-state index contributed by atoms with van der Waals surface area (Å²) in [7, 11) is 0. The Hall–Kier alpha value is -3.92. The molecule has 2 aromatic carbocycles. The van der Waals surface area contributed by atoms with Gasteiger partial charge in [-0.3, -0.25) is 29.8 Å². The number of nitrogens with zero attached hydrogens (tertiary/aromatic N) is 3. The average Bonchev–Trinajstić information content (AvgIpc) is 3.28. The van der Waals surface area contributed by atoms with Gasteiger partial charge in [0.05, 0.1) is 16.2 Å². The van der Waals surface area contributed by atoms with Gasteiger partial charge in [-0.05, 0) is 24.3 Å². The number of nitro groups is 1. The van der Waals surface area contributed by atoms with Crippen molar-refractivity contribution in [2.75, 3.05) is 10.2 Å². The Morgan fingerprint density at radius 1 is 1.14 bits per heavy atom. The maximum atomic E-state index is 12.8. The quantitative estimate of drug-likeness (QED) is 0.412. The van der Waals surface area contributed by atoms with Crippen LogP contribution in [0.2, 0.25) is 0 Å². The zero-order valence-electron chi connectivity index (χ0n) is 14.0. The van der Waals surface area contributed by atoms with Crippen LogP contribution in [0.5, 0.6) is 0 Å². The maximum absolute atomic E-state index is 12.8. The number of aromatic nitrogens is 1. The number of imide groups is 1. The van der Waals surface area contributed by atoms with E-state index in [2.05, 4.69) is 10.3 Å². The zero-order chi connectivity index (χ0) is 19.8. The third kappa shape index (κ3) is 2.81. The molecule has 1 aliphatic rings. The topological polar surface area (TPSA) is 123 Å². The van der Waals surface area contributed by atoms with Crippen LogP contribution in [0.4, 0.5) is 16.5 Å². The highest BCUT2D eigenvalue weighted by Gasteiger charge is 2.41. The van der Waals surface area contributed by atoms with Crippen LogP contribution in [0.15, 0.2) is 54.0 Å². The smallest absolute Gasteiger partial charge is 0.283 e. The molecule has 2 heterocycles. The van der Waals surface area contributed by atoms with Crippen LogP contribution in [0.25, 0.3) is 0 Å². The first kappa shape index (κ1) is 17.5. The molecule has 0 fully saturated rings. The maximum Gasteiger partial charge on any atom is 0.283 e. The van der Waals surface area contributed by atoms with E-state index in [9.17, 15) is 24.5 Å². The van der Waals surface area contributed by atoms with Crippen molar-refractivity contribution in [2.24, 2.45) is 0 Å². The second-order valence-electron chi connectivity index (χ2n) is 5.74. The fourth-order valence-electron chi connectivity index (χ4n) is 2.89. The standard InChI is InChI=1S/C18H10N4O5S/c23-15(20-18-19-7-8-28-18)10-3-1-4-11(9-10)21-16(24)12-5-2-6-13(22(26)27)14(12)17(21)25/h1-9H,(H,19,20,23). The van der Waals surface area contributed by atoms with Gasteiger partial charge in [0.15, 0.2) is 5.13 Å². The summed E-state index contributed by atoms with van der Waals surface area (Å²) in [6.45, 7) is 0. The number of hydrogen-bond donors (Lipinski definition) is 1. The minimum atomic E-state index is -0.801. The van der Waals surface area contributed by atoms with Gasteiger partial charge in [-0.1, -0.05) is 12.1 Å². The highest BCUT2D eigenvalue weighted by atomic mass is 32.1. The monoisotopic (exact) mass is 394 g/mol. The van der Waals surface area contributed by atoms with Gasteiger partial charge in [0.25, 0.3) is 23.4 Å². The molecule has 0 atom stereocenters. The van der Waals surface area contributed by atoms with Gasteiger partial charge in [0.2, 0.25) is 0 Å². The third-order valence-electron chi connectivity index (χ3n) is 4.11. The molecule has 0 saturated heterocycles. The number of thiazole rings is 1.